The lowest BCUT2D eigenvalue weighted by Crippen LogP contribution is -2.61. The van der Waals surface area contributed by atoms with Gasteiger partial charge in [0, 0.05) is 48.0 Å². The number of amides is 1. The lowest BCUT2D eigenvalue weighted by molar-refractivity contribution is -0.137. The summed E-state index contributed by atoms with van der Waals surface area (Å²) >= 11 is 0. The Morgan fingerprint density at radius 2 is 1.74 bits per heavy atom. The van der Waals surface area contributed by atoms with Crippen molar-refractivity contribution in [2.75, 3.05) is 41.9 Å². The molecule has 1 aliphatic carbocycles. The maximum atomic E-state index is 14.2. The van der Waals surface area contributed by atoms with Crippen LogP contribution in [-0.2, 0) is 6.18 Å². The third-order valence-corrected chi connectivity index (χ3v) is 7.35. The summed E-state index contributed by atoms with van der Waals surface area (Å²) in [5.74, 6) is -0.242. The number of alkyl halides is 4. The summed E-state index contributed by atoms with van der Waals surface area (Å²) in [5, 5.41) is 22.1. The summed E-state index contributed by atoms with van der Waals surface area (Å²) in [6, 6.07) is 2.96. The average Bonchev–Trinajstić information content (AvgIpc) is 2.96. The number of hydrogen-bond acceptors (Lipinski definition) is 10. The number of aliphatic hydroxyl groups excluding tert-OH is 1. The molecule has 3 N–H and O–H groups in total. The summed E-state index contributed by atoms with van der Waals surface area (Å²) in [5.41, 5.74) is -1.69. The highest BCUT2D eigenvalue weighted by molar-refractivity contribution is 5.85. The van der Waals surface area contributed by atoms with Crippen molar-refractivity contribution in [1.82, 2.24) is 24.9 Å². The number of pyridine rings is 1. The second-order valence-electron chi connectivity index (χ2n) is 10.3. The summed E-state index contributed by atoms with van der Waals surface area (Å²) in [4.78, 5) is 34.8. The van der Waals surface area contributed by atoms with Gasteiger partial charge >= 0.3 is 18.3 Å². The molecule has 0 spiro atoms. The largest absolute Gasteiger partial charge is 0.467 e. The SMILES string of the molecule is COc1ncc(-c2ccc(N(C(=O)O)[C@H]3CC[C@H](Nc4ncc(C(F)(F)F)c(N5CC(F)(CO)C5)n4)CC3)nc2)cn1. The molecule has 16 heteroatoms. The van der Waals surface area contributed by atoms with Crippen molar-refractivity contribution in [3.8, 4) is 17.1 Å². The van der Waals surface area contributed by atoms with E-state index in [1.807, 2.05) is 0 Å². The monoisotopic (exact) mass is 592 g/mol. The van der Waals surface area contributed by atoms with Crippen molar-refractivity contribution >= 4 is 23.7 Å². The molecule has 0 unspecified atom stereocenters. The molecule has 0 aromatic carbocycles. The van der Waals surface area contributed by atoms with E-state index in [0.29, 0.717) is 43.0 Å². The highest BCUT2D eigenvalue weighted by Gasteiger charge is 2.47. The molecular formula is C26H28F4N8O4. The van der Waals surface area contributed by atoms with Crippen molar-refractivity contribution in [2.45, 2.75) is 49.6 Å². The fourth-order valence-electron chi connectivity index (χ4n) is 5.14. The van der Waals surface area contributed by atoms with Crippen LogP contribution in [0.4, 0.5) is 39.9 Å². The first-order chi connectivity index (χ1) is 20.0. The molecule has 42 heavy (non-hydrogen) atoms. The van der Waals surface area contributed by atoms with E-state index in [0.717, 1.165) is 4.90 Å². The van der Waals surface area contributed by atoms with Crippen LogP contribution in [0.25, 0.3) is 11.1 Å². The van der Waals surface area contributed by atoms with Crippen molar-refractivity contribution in [3.63, 3.8) is 0 Å². The highest BCUT2D eigenvalue weighted by atomic mass is 19.4. The number of aliphatic hydroxyl groups is 1. The first-order valence-electron chi connectivity index (χ1n) is 13.1. The van der Waals surface area contributed by atoms with Crippen LogP contribution in [0.1, 0.15) is 31.2 Å². The molecule has 3 aromatic heterocycles. The van der Waals surface area contributed by atoms with Crippen molar-refractivity contribution in [3.05, 3.63) is 42.5 Å². The average molecular weight is 593 g/mol. The van der Waals surface area contributed by atoms with E-state index in [2.05, 4.69) is 30.2 Å². The van der Waals surface area contributed by atoms with Crippen molar-refractivity contribution in [1.29, 1.82) is 0 Å². The minimum absolute atomic E-state index is 0.0448. The summed E-state index contributed by atoms with van der Waals surface area (Å²) in [7, 11) is 1.46. The van der Waals surface area contributed by atoms with Crippen LogP contribution >= 0.6 is 0 Å². The molecule has 2 aliphatic rings. The van der Waals surface area contributed by atoms with E-state index in [1.165, 1.54) is 18.2 Å². The Bertz CT molecular complexity index is 1400. The number of hydrogen-bond donors (Lipinski definition) is 3. The van der Waals surface area contributed by atoms with Gasteiger partial charge in [0.25, 0.3) is 0 Å². The third kappa shape index (κ3) is 6.12. The smallest absolute Gasteiger partial charge is 0.421 e. The Labute approximate surface area is 237 Å². The highest BCUT2D eigenvalue weighted by Crippen LogP contribution is 2.40. The number of ether oxygens (including phenoxy) is 1. The maximum Gasteiger partial charge on any atom is 0.421 e. The van der Waals surface area contributed by atoms with Crippen LogP contribution in [0.2, 0.25) is 0 Å². The number of anilines is 3. The zero-order valence-electron chi connectivity index (χ0n) is 22.4. The van der Waals surface area contributed by atoms with Gasteiger partial charge in [0.05, 0.1) is 26.8 Å². The number of carbonyl (C=O) groups is 1. The number of nitrogens with one attached hydrogen (secondary N) is 1. The van der Waals surface area contributed by atoms with Crippen LogP contribution < -0.4 is 19.9 Å². The number of rotatable bonds is 8. The normalized spacial score (nSPS) is 20.0. The van der Waals surface area contributed by atoms with E-state index in [-0.39, 0.29) is 29.9 Å². The number of aromatic nitrogens is 5. The Morgan fingerprint density at radius 1 is 1.07 bits per heavy atom. The molecule has 1 saturated carbocycles. The predicted molar refractivity (Wildman–Crippen MR) is 142 cm³/mol. The molecule has 0 bridgehead atoms. The van der Waals surface area contributed by atoms with Crippen LogP contribution in [-0.4, -0.2) is 85.8 Å². The van der Waals surface area contributed by atoms with Crippen molar-refractivity contribution in [2.24, 2.45) is 0 Å². The van der Waals surface area contributed by atoms with Crippen LogP contribution in [0, 0.1) is 0 Å². The fraction of sp³-hybridized carbons (Fsp3) is 0.462. The van der Waals surface area contributed by atoms with E-state index in [9.17, 15) is 27.5 Å². The quantitative estimate of drug-likeness (QED) is 0.328. The van der Waals surface area contributed by atoms with Crippen LogP contribution in [0.3, 0.4) is 0 Å². The number of methoxy groups -OCH3 is 1. The molecule has 1 aliphatic heterocycles. The van der Waals surface area contributed by atoms with Crippen LogP contribution in [0.5, 0.6) is 6.01 Å². The van der Waals surface area contributed by atoms with E-state index < -0.39 is 49.0 Å². The van der Waals surface area contributed by atoms with Crippen LogP contribution in [0.15, 0.2) is 36.9 Å². The van der Waals surface area contributed by atoms with E-state index >= 15 is 0 Å². The standard InChI is InChI=1S/C26H28F4N8O4/c1-42-23-33-9-16(10-34-23)15-2-7-20(31-8-15)38(24(40)41)18-5-3-17(4-6-18)35-22-32-11-19(26(28,29)30)21(36-22)37-12-25(27,13-37)14-39/h2,7-11,17-18,39H,3-6,12-14H2,1H3,(H,40,41)(H,32,35,36)/t17-,18-. The molecule has 1 saturated heterocycles. The van der Waals surface area contributed by atoms with Gasteiger partial charge in [-0.15, -0.1) is 0 Å². The third-order valence-electron chi connectivity index (χ3n) is 7.35. The van der Waals surface area contributed by atoms with E-state index in [4.69, 9.17) is 9.84 Å². The second kappa shape index (κ2) is 11.5. The second-order valence-corrected chi connectivity index (χ2v) is 10.3. The number of halogens is 4. The minimum atomic E-state index is -4.74. The summed E-state index contributed by atoms with van der Waals surface area (Å²) < 4.78 is 59.8. The Morgan fingerprint density at radius 3 is 2.29 bits per heavy atom. The Balaban J connectivity index is 1.24. The summed E-state index contributed by atoms with van der Waals surface area (Å²) in [6.07, 6.45) is 1.35. The van der Waals surface area contributed by atoms with Gasteiger partial charge in [-0.3, -0.25) is 4.90 Å². The fourth-order valence-corrected chi connectivity index (χ4v) is 5.14. The minimum Gasteiger partial charge on any atom is -0.467 e. The molecule has 3 aromatic rings. The van der Waals surface area contributed by atoms with Gasteiger partial charge in [-0.1, -0.05) is 0 Å². The first-order valence-corrected chi connectivity index (χ1v) is 13.1. The van der Waals surface area contributed by atoms with Gasteiger partial charge in [0.2, 0.25) is 5.95 Å². The molecule has 5 rings (SSSR count). The Kier molecular flexibility index (Phi) is 7.99. The number of carboxylic acid groups (broad SMARTS) is 1. The summed E-state index contributed by atoms with van der Waals surface area (Å²) in [6.45, 7) is -1.63. The molecule has 224 valence electrons. The molecule has 4 heterocycles. The topological polar surface area (TPSA) is 150 Å². The van der Waals surface area contributed by atoms with Gasteiger partial charge < -0.3 is 25.2 Å². The lowest BCUT2D eigenvalue weighted by Gasteiger charge is -2.44. The molecule has 0 radical (unpaired) electrons. The molecular weight excluding hydrogens is 564 g/mol. The predicted octanol–water partition coefficient (Wildman–Crippen LogP) is 3.78. The van der Waals surface area contributed by atoms with Gasteiger partial charge in [0.1, 0.15) is 17.2 Å². The van der Waals surface area contributed by atoms with Crippen molar-refractivity contribution < 1.29 is 37.3 Å². The molecule has 2 fully saturated rings. The Hall–Kier alpha value is -4.34. The first kappa shape index (κ1) is 29.2. The van der Waals surface area contributed by atoms with E-state index in [1.54, 1.807) is 24.5 Å². The van der Waals surface area contributed by atoms with Gasteiger partial charge in [-0.25, -0.2) is 29.1 Å². The zero-order chi connectivity index (χ0) is 30.1. The number of nitrogens with zero attached hydrogens (tertiary/aromatic N) is 7. The van der Waals surface area contributed by atoms with Gasteiger partial charge in [0.15, 0.2) is 5.67 Å². The zero-order valence-corrected chi connectivity index (χ0v) is 22.4. The lowest BCUT2D eigenvalue weighted by atomic mass is 9.90. The molecule has 0 atom stereocenters. The molecule has 12 nitrogen and oxygen atoms in total. The molecule has 1 amide bonds. The van der Waals surface area contributed by atoms with Gasteiger partial charge in [-0.2, -0.15) is 18.2 Å². The van der Waals surface area contributed by atoms with Gasteiger partial charge in [-0.05, 0) is 37.8 Å². The maximum absolute atomic E-state index is 14.2.